The second-order valence-corrected chi connectivity index (χ2v) is 9.10. The zero-order valence-corrected chi connectivity index (χ0v) is 15.9. The van der Waals surface area contributed by atoms with Crippen molar-refractivity contribution in [2.45, 2.75) is 46.5 Å². The number of nitrogens with one attached hydrogen (secondary N) is 1. The number of rotatable bonds is 6. The molecule has 1 N–H and O–H groups in total. The van der Waals surface area contributed by atoms with Crippen LogP contribution in [0.4, 0.5) is 0 Å². The van der Waals surface area contributed by atoms with Gasteiger partial charge in [-0.2, -0.15) is 0 Å². The molecule has 2 unspecified atom stereocenters. The molecular weight excluding hydrogens is 305 g/mol. The van der Waals surface area contributed by atoms with Gasteiger partial charge in [-0.25, -0.2) is 9.37 Å². The average Bonchev–Trinajstić information content (AvgIpc) is 2.32. The van der Waals surface area contributed by atoms with Gasteiger partial charge in [0.25, 0.3) is 0 Å². The van der Waals surface area contributed by atoms with Gasteiger partial charge in [0.05, 0.1) is 0 Å². The fraction of sp³-hybridized carbons (Fsp3) is 0.571. The van der Waals surface area contributed by atoms with E-state index in [-0.39, 0.29) is 14.4 Å². The number of nitrogens with zero attached hydrogens (tertiary/aromatic N) is 1. The van der Waals surface area contributed by atoms with Gasteiger partial charge in [0.15, 0.2) is 8.96 Å². The highest BCUT2D eigenvalue weighted by atomic mass is 31.1. The molecule has 0 aliphatic rings. The van der Waals surface area contributed by atoms with Crippen molar-refractivity contribution >= 4 is 26.9 Å². The second kappa shape index (κ2) is 7.81. The Hall–Kier alpha value is -0.0600. The topological polar surface area (TPSA) is 33.6 Å². The molecule has 0 saturated carbocycles. The predicted octanol–water partition coefficient (Wildman–Crippen LogP) is 5.71. The summed E-state index contributed by atoms with van der Waals surface area (Å²) in [6.45, 7) is 11.5. The van der Waals surface area contributed by atoms with Gasteiger partial charge in [-0.05, 0) is 44.3 Å². The van der Waals surface area contributed by atoms with Gasteiger partial charge >= 0.3 is 0 Å². The average molecular weight is 330 g/mol. The van der Waals surface area contributed by atoms with Gasteiger partial charge in [-0.3, -0.25) is 0 Å². The molecule has 3 nitrogen and oxygen atoms in total. The zero-order chi connectivity index (χ0) is 15.2. The molecule has 0 radical (unpaired) electrons. The summed E-state index contributed by atoms with van der Waals surface area (Å²) in [5, 5.41) is 0. The third kappa shape index (κ3) is 6.59. The number of hydrogen-bond acceptors (Lipinski definition) is 2. The molecule has 0 heterocycles. The fourth-order valence-electron chi connectivity index (χ4n) is 2.53. The van der Waals surface area contributed by atoms with Gasteiger partial charge < -0.3 is 4.52 Å². The third-order valence-corrected chi connectivity index (χ3v) is 4.50. The molecule has 0 fully saturated rings. The molecule has 1 aromatic carbocycles. The first-order valence-corrected chi connectivity index (χ1v) is 8.89. The molecule has 112 valence electrons. The van der Waals surface area contributed by atoms with E-state index in [1.54, 1.807) is 0 Å². The van der Waals surface area contributed by atoms with Crippen molar-refractivity contribution in [3.05, 3.63) is 29.8 Å². The molecule has 6 heteroatoms. The Balaban J connectivity index is 2.65. The van der Waals surface area contributed by atoms with E-state index in [4.69, 9.17) is 4.52 Å². The van der Waals surface area contributed by atoms with Gasteiger partial charge in [-0.15, -0.1) is 0 Å². The first kappa shape index (κ1) is 18.0. The highest BCUT2D eigenvalue weighted by molar-refractivity contribution is 7.46. The Bertz CT molecular complexity index is 439. The largest absolute Gasteiger partial charge is 0.460 e. The quantitative estimate of drug-likeness (QED) is 0.535. The number of benzene rings is 1. The molecule has 0 aliphatic heterocycles. The molecule has 1 rings (SSSR count). The Morgan fingerprint density at radius 1 is 1.20 bits per heavy atom. The Labute approximate surface area is 128 Å². The van der Waals surface area contributed by atoms with Gasteiger partial charge in [-0.1, -0.05) is 46.8 Å². The summed E-state index contributed by atoms with van der Waals surface area (Å²) in [7, 11) is 3.35. The van der Waals surface area contributed by atoms with Crippen LogP contribution in [0.5, 0.6) is 5.75 Å². The lowest BCUT2D eigenvalue weighted by Gasteiger charge is -2.33. The van der Waals surface area contributed by atoms with E-state index in [1.807, 2.05) is 12.1 Å². The van der Waals surface area contributed by atoms with Crippen LogP contribution in [-0.4, -0.2) is 0 Å². The second-order valence-electron chi connectivity index (χ2n) is 6.68. The minimum atomic E-state index is 0.175. The van der Waals surface area contributed by atoms with Crippen LogP contribution < -0.4 is 9.38 Å². The standard InChI is InChI=1S/C14H25N2OP3/c1-13(2,3)10-14(4,5)11-6-8-12(9-7-11)17-20-16-19-15-18/h6-9,20H,10,18H2,1-5H3,(H,15,16). The maximum absolute atomic E-state index is 5.62. The van der Waals surface area contributed by atoms with Crippen molar-refractivity contribution in [2.75, 3.05) is 0 Å². The van der Waals surface area contributed by atoms with Gasteiger partial charge in [0, 0.05) is 0 Å². The molecule has 1 aromatic rings. The van der Waals surface area contributed by atoms with Crippen LogP contribution in [0, 0.1) is 5.41 Å². The Morgan fingerprint density at radius 2 is 1.80 bits per heavy atom. The summed E-state index contributed by atoms with van der Waals surface area (Å²) in [6.07, 6.45) is 1.15. The minimum Gasteiger partial charge on any atom is -0.460 e. The van der Waals surface area contributed by atoms with E-state index in [2.05, 4.69) is 65.5 Å². The van der Waals surface area contributed by atoms with Crippen LogP contribution in [0.2, 0.25) is 0 Å². The molecule has 0 spiro atoms. The summed E-state index contributed by atoms with van der Waals surface area (Å²) < 4.78 is 9.47. The van der Waals surface area contributed by atoms with Crippen molar-refractivity contribution < 1.29 is 4.52 Å². The van der Waals surface area contributed by atoms with Crippen LogP contribution in [0.1, 0.15) is 46.6 Å². The van der Waals surface area contributed by atoms with E-state index in [0.717, 1.165) is 20.7 Å². The SMILES string of the molecule is CC(C)(C)CC(C)(C)c1ccc(OPNP=NP)cc1. The van der Waals surface area contributed by atoms with Gasteiger partial charge in [0.2, 0.25) is 0 Å². The van der Waals surface area contributed by atoms with E-state index in [9.17, 15) is 0 Å². The summed E-state index contributed by atoms with van der Waals surface area (Å²) in [6, 6.07) is 8.43. The van der Waals surface area contributed by atoms with Crippen molar-refractivity contribution in [1.29, 1.82) is 0 Å². The van der Waals surface area contributed by atoms with Crippen LogP contribution in [0.3, 0.4) is 0 Å². The van der Waals surface area contributed by atoms with Crippen LogP contribution in [0.15, 0.2) is 28.8 Å². The van der Waals surface area contributed by atoms with Crippen molar-refractivity contribution in [3.63, 3.8) is 0 Å². The highest BCUT2D eigenvalue weighted by Gasteiger charge is 2.27. The summed E-state index contributed by atoms with van der Waals surface area (Å²) >= 11 is 0. The van der Waals surface area contributed by atoms with E-state index in [0.29, 0.717) is 5.41 Å². The summed E-state index contributed by atoms with van der Waals surface area (Å²) in [5.74, 6) is 0.894. The molecule has 2 atom stereocenters. The fourth-order valence-corrected chi connectivity index (χ4v) is 3.88. The molecule has 0 aromatic heterocycles. The monoisotopic (exact) mass is 330 g/mol. The minimum absolute atomic E-state index is 0.175. The predicted molar refractivity (Wildman–Crippen MR) is 94.7 cm³/mol. The summed E-state index contributed by atoms with van der Waals surface area (Å²) in [4.78, 5) is 3.05. The maximum Gasteiger partial charge on any atom is 0.155 e. The molecule has 20 heavy (non-hydrogen) atoms. The van der Waals surface area contributed by atoms with Crippen molar-refractivity contribution in [1.82, 2.24) is 4.86 Å². The Kier molecular flexibility index (Phi) is 7.02. The third-order valence-electron chi connectivity index (χ3n) is 2.93. The lowest BCUT2D eigenvalue weighted by molar-refractivity contribution is 0.284. The lowest BCUT2D eigenvalue weighted by Crippen LogP contribution is -2.24. The van der Waals surface area contributed by atoms with Gasteiger partial charge in [0.1, 0.15) is 14.3 Å². The lowest BCUT2D eigenvalue weighted by atomic mass is 9.72. The van der Waals surface area contributed by atoms with Crippen LogP contribution >= 0.6 is 26.9 Å². The van der Waals surface area contributed by atoms with E-state index < -0.39 is 0 Å². The van der Waals surface area contributed by atoms with E-state index in [1.165, 1.54) is 5.56 Å². The van der Waals surface area contributed by atoms with Crippen molar-refractivity contribution in [3.8, 4) is 5.75 Å². The van der Waals surface area contributed by atoms with Crippen molar-refractivity contribution in [2.24, 2.45) is 9.93 Å². The Morgan fingerprint density at radius 3 is 2.30 bits per heavy atom. The normalized spacial score (nSPS) is 13.5. The highest BCUT2D eigenvalue weighted by Crippen LogP contribution is 2.36. The maximum atomic E-state index is 5.62. The number of hydrogen-bond donors (Lipinski definition) is 1. The zero-order valence-electron chi connectivity index (χ0n) is 12.9. The first-order chi connectivity index (χ1) is 9.24. The molecular formula is C14H25N2OP3. The molecule has 0 amide bonds. The van der Waals surface area contributed by atoms with Crippen LogP contribution in [0.25, 0.3) is 0 Å². The molecule has 0 bridgehead atoms. The van der Waals surface area contributed by atoms with E-state index >= 15 is 0 Å². The molecule has 0 saturated heterocycles. The smallest absolute Gasteiger partial charge is 0.155 e. The van der Waals surface area contributed by atoms with Crippen LogP contribution in [-0.2, 0) is 5.41 Å². The summed E-state index contributed by atoms with van der Waals surface area (Å²) in [5.41, 5.74) is 1.85. The first-order valence-electron chi connectivity index (χ1n) is 6.62. The molecule has 0 aliphatic carbocycles.